The van der Waals surface area contributed by atoms with Crippen LogP contribution in [-0.4, -0.2) is 14.9 Å². The number of ether oxygens (including phenoxy) is 1. The van der Waals surface area contributed by atoms with Gasteiger partial charge < -0.3 is 10.5 Å². The molecule has 0 amide bonds. The molecule has 1 aromatic carbocycles. The predicted molar refractivity (Wildman–Crippen MR) is 82.1 cm³/mol. The van der Waals surface area contributed by atoms with Gasteiger partial charge in [-0.25, -0.2) is 4.98 Å². The largest absolute Gasteiger partial charge is 0.432 e. The van der Waals surface area contributed by atoms with E-state index in [1.54, 1.807) is 0 Å². The van der Waals surface area contributed by atoms with Gasteiger partial charge in [-0.3, -0.25) is 10.1 Å². The fraction of sp³-hybridized carbons (Fsp3) is 0.0909. The Morgan fingerprint density at radius 2 is 2.00 bits per heavy atom. The molecule has 0 radical (unpaired) electrons. The first-order valence-corrected chi connectivity index (χ1v) is 6.95. The first-order valence-electron chi connectivity index (χ1n) is 5.40. The smallest absolute Gasteiger partial charge is 0.352 e. The van der Waals surface area contributed by atoms with E-state index in [9.17, 15) is 10.1 Å². The summed E-state index contributed by atoms with van der Waals surface area (Å²) in [7, 11) is 0. The SMILES string of the molecule is Cc1nc(N)nc(Oc2cc(Cl)c(Br)cc2Cl)c1[N+](=O)[O-]. The Balaban J connectivity index is 2.54. The number of aromatic nitrogens is 2. The Morgan fingerprint density at radius 3 is 2.62 bits per heavy atom. The van der Waals surface area contributed by atoms with E-state index in [1.165, 1.54) is 19.1 Å². The molecule has 0 bridgehead atoms. The summed E-state index contributed by atoms with van der Waals surface area (Å²) in [5, 5.41) is 11.6. The summed E-state index contributed by atoms with van der Waals surface area (Å²) in [4.78, 5) is 17.9. The van der Waals surface area contributed by atoms with Gasteiger partial charge in [-0.1, -0.05) is 23.2 Å². The highest BCUT2D eigenvalue weighted by Gasteiger charge is 2.24. The van der Waals surface area contributed by atoms with Crippen LogP contribution in [0.15, 0.2) is 16.6 Å². The van der Waals surface area contributed by atoms with Crippen LogP contribution in [0.2, 0.25) is 10.0 Å². The normalized spacial score (nSPS) is 10.5. The number of nitrogen functional groups attached to an aromatic ring is 1. The molecule has 110 valence electrons. The first kappa shape index (κ1) is 15.7. The van der Waals surface area contributed by atoms with Gasteiger partial charge >= 0.3 is 11.6 Å². The van der Waals surface area contributed by atoms with E-state index in [4.69, 9.17) is 33.7 Å². The lowest BCUT2D eigenvalue weighted by molar-refractivity contribution is -0.386. The lowest BCUT2D eigenvalue weighted by atomic mass is 10.3. The highest BCUT2D eigenvalue weighted by molar-refractivity contribution is 9.10. The van der Waals surface area contributed by atoms with Crippen LogP contribution in [0, 0.1) is 17.0 Å². The second kappa shape index (κ2) is 6.00. The molecule has 1 aromatic heterocycles. The van der Waals surface area contributed by atoms with Crippen LogP contribution < -0.4 is 10.5 Å². The fourth-order valence-corrected chi connectivity index (χ4v) is 2.36. The van der Waals surface area contributed by atoms with Crippen molar-refractivity contribution in [2.45, 2.75) is 6.92 Å². The van der Waals surface area contributed by atoms with Crippen LogP contribution in [0.1, 0.15) is 5.69 Å². The maximum absolute atomic E-state index is 11.1. The van der Waals surface area contributed by atoms with Crippen molar-refractivity contribution < 1.29 is 9.66 Å². The van der Waals surface area contributed by atoms with E-state index in [0.717, 1.165) is 0 Å². The zero-order valence-electron chi connectivity index (χ0n) is 10.4. The van der Waals surface area contributed by atoms with Crippen molar-refractivity contribution in [2.75, 3.05) is 5.73 Å². The summed E-state index contributed by atoms with van der Waals surface area (Å²) in [5.74, 6) is -0.330. The minimum Gasteiger partial charge on any atom is -0.432 e. The van der Waals surface area contributed by atoms with Crippen molar-refractivity contribution in [3.8, 4) is 11.6 Å². The van der Waals surface area contributed by atoms with Crippen LogP contribution in [0.25, 0.3) is 0 Å². The van der Waals surface area contributed by atoms with E-state index in [1.807, 2.05) is 0 Å². The van der Waals surface area contributed by atoms with Crippen LogP contribution >= 0.6 is 39.1 Å². The van der Waals surface area contributed by atoms with Crippen LogP contribution in [0.4, 0.5) is 11.6 Å². The number of anilines is 1. The zero-order chi connectivity index (χ0) is 15.7. The average Bonchev–Trinajstić information content (AvgIpc) is 2.34. The number of nitro groups is 1. The Morgan fingerprint density at radius 1 is 1.33 bits per heavy atom. The van der Waals surface area contributed by atoms with E-state index < -0.39 is 4.92 Å². The molecule has 0 atom stereocenters. The standard InChI is InChI=1S/C11H7BrCl2N4O3/c1-4-9(18(19)20)10(17-11(15)16-4)21-8-3-6(13)5(12)2-7(8)14/h2-3H,1H3,(H2,15,16,17). The summed E-state index contributed by atoms with van der Waals surface area (Å²) < 4.78 is 5.95. The van der Waals surface area contributed by atoms with Crippen LogP contribution in [-0.2, 0) is 0 Å². The molecular formula is C11H7BrCl2N4O3. The summed E-state index contributed by atoms with van der Waals surface area (Å²) in [6.07, 6.45) is 0. The van der Waals surface area contributed by atoms with Crippen molar-refractivity contribution in [1.82, 2.24) is 9.97 Å². The van der Waals surface area contributed by atoms with E-state index in [2.05, 4.69) is 25.9 Å². The average molecular weight is 394 g/mol. The second-order valence-corrected chi connectivity index (χ2v) is 5.55. The van der Waals surface area contributed by atoms with Gasteiger partial charge in [-0.15, -0.1) is 0 Å². The number of nitrogens with two attached hydrogens (primary N) is 1. The Labute approximate surface area is 137 Å². The molecule has 0 aliphatic heterocycles. The molecule has 1 heterocycles. The lowest BCUT2D eigenvalue weighted by Gasteiger charge is -2.09. The number of rotatable bonds is 3. The Kier molecular flexibility index (Phi) is 4.50. The minimum absolute atomic E-state index is 0.0850. The van der Waals surface area contributed by atoms with Crippen LogP contribution in [0.5, 0.6) is 11.6 Å². The van der Waals surface area contributed by atoms with E-state index >= 15 is 0 Å². The van der Waals surface area contributed by atoms with Gasteiger partial charge in [0.1, 0.15) is 11.4 Å². The monoisotopic (exact) mass is 392 g/mol. The quantitative estimate of drug-likeness (QED) is 0.477. The molecule has 0 aliphatic carbocycles. The van der Waals surface area contributed by atoms with Crippen molar-refractivity contribution >= 4 is 50.8 Å². The number of halogens is 3. The third kappa shape index (κ3) is 3.34. The van der Waals surface area contributed by atoms with Gasteiger partial charge in [0.05, 0.1) is 15.0 Å². The molecule has 0 saturated heterocycles. The van der Waals surface area contributed by atoms with Gasteiger partial charge in [0.25, 0.3) is 0 Å². The summed E-state index contributed by atoms with van der Waals surface area (Å²) >= 11 is 15.1. The van der Waals surface area contributed by atoms with Crippen molar-refractivity contribution in [2.24, 2.45) is 0 Å². The molecule has 0 saturated carbocycles. The molecule has 2 rings (SSSR count). The van der Waals surface area contributed by atoms with E-state index in [-0.39, 0.29) is 34.0 Å². The highest BCUT2D eigenvalue weighted by atomic mass is 79.9. The molecule has 0 fully saturated rings. The second-order valence-electron chi connectivity index (χ2n) is 3.88. The van der Waals surface area contributed by atoms with E-state index in [0.29, 0.717) is 9.50 Å². The molecule has 7 nitrogen and oxygen atoms in total. The van der Waals surface area contributed by atoms with Gasteiger partial charge in [0.15, 0.2) is 0 Å². The molecule has 10 heteroatoms. The molecular weight excluding hydrogens is 387 g/mol. The molecule has 2 aromatic rings. The highest BCUT2D eigenvalue weighted by Crippen LogP contribution is 2.39. The Bertz CT molecular complexity index is 742. The van der Waals surface area contributed by atoms with Crippen LogP contribution in [0.3, 0.4) is 0 Å². The minimum atomic E-state index is -0.654. The van der Waals surface area contributed by atoms with Gasteiger partial charge in [0, 0.05) is 10.5 Å². The summed E-state index contributed by atoms with van der Waals surface area (Å²) in [6, 6.07) is 2.91. The van der Waals surface area contributed by atoms with Gasteiger partial charge in [-0.2, -0.15) is 4.98 Å². The van der Waals surface area contributed by atoms with Gasteiger partial charge in [-0.05, 0) is 28.9 Å². The molecule has 21 heavy (non-hydrogen) atoms. The predicted octanol–water partition coefficient (Wildman–Crippen LogP) is 4.14. The number of hydrogen-bond donors (Lipinski definition) is 1. The maximum Gasteiger partial charge on any atom is 0.352 e. The summed E-state index contributed by atoms with van der Waals surface area (Å²) in [6.45, 7) is 1.43. The lowest BCUT2D eigenvalue weighted by Crippen LogP contribution is -2.05. The van der Waals surface area contributed by atoms with Crippen molar-refractivity contribution in [3.05, 3.63) is 42.5 Å². The fourth-order valence-electron chi connectivity index (χ4n) is 1.53. The first-order chi connectivity index (χ1) is 9.79. The Hall–Kier alpha value is -1.64. The number of aryl methyl sites for hydroxylation is 1. The molecule has 0 unspecified atom stereocenters. The van der Waals surface area contributed by atoms with Crippen molar-refractivity contribution in [3.63, 3.8) is 0 Å². The molecule has 0 aliphatic rings. The zero-order valence-corrected chi connectivity index (χ0v) is 13.5. The number of nitrogens with zero attached hydrogens (tertiary/aromatic N) is 3. The number of hydrogen-bond acceptors (Lipinski definition) is 6. The maximum atomic E-state index is 11.1. The van der Waals surface area contributed by atoms with Gasteiger partial charge in [0.2, 0.25) is 5.95 Å². The molecule has 0 spiro atoms. The van der Waals surface area contributed by atoms with Crippen molar-refractivity contribution in [1.29, 1.82) is 0 Å². The molecule has 2 N–H and O–H groups in total. The summed E-state index contributed by atoms with van der Waals surface area (Å²) in [5.41, 5.74) is 5.18. The third-order valence-corrected chi connectivity index (χ3v) is 3.90. The third-order valence-electron chi connectivity index (χ3n) is 2.41. The topological polar surface area (TPSA) is 104 Å². The number of benzene rings is 1.